The molecule has 3 nitrogen and oxygen atoms in total. The topological polar surface area (TPSA) is 48.6 Å². The highest BCUT2D eigenvalue weighted by Gasteiger charge is 2.10. The lowest BCUT2D eigenvalue weighted by Gasteiger charge is -2.11. The number of fused-ring (bicyclic) bond motifs is 2. The number of aromatic nitrogens is 2. The SMILES string of the molecule is C1=C(c2c[nH]c3ccccc23)CCCC1.O=C1CCCCC1.c1ccc2[nH]ccc2c1. The van der Waals surface area contributed by atoms with Gasteiger partial charge >= 0.3 is 0 Å². The van der Waals surface area contributed by atoms with E-state index in [-0.39, 0.29) is 0 Å². The van der Waals surface area contributed by atoms with Crippen molar-refractivity contribution in [1.29, 1.82) is 0 Å². The molecule has 2 aliphatic rings. The maximum absolute atomic E-state index is 10.5. The first kappa shape index (κ1) is 21.2. The van der Waals surface area contributed by atoms with Crippen LogP contribution in [0.25, 0.3) is 27.4 Å². The molecule has 31 heavy (non-hydrogen) atoms. The quantitative estimate of drug-likeness (QED) is 0.329. The van der Waals surface area contributed by atoms with Crippen molar-refractivity contribution in [3.63, 3.8) is 0 Å². The van der Waals surface area contributed by atoms with Gasteiger partial charge in [-0.3, -0.25) is 4.79 Å². The van der Waals surface area contributed by atoms with Crippen LogP contribution in [-0.2, 0) is 4.79 Å². The van der Waals surface area contributed by atoms with Crippen molar-refractivity contribution in [2.75, 3.05) is 0 Å². The third kappa shape index (κ3) is 5.75. The van der Waals surface area contributed by atoms with Crippen LogP contribution in [-0.4, -0.2) is 15.8 Å². The first-order chi connectivity index (χ1) is 15.3. The van der Waals surface area contributed by atoms with Gasteiger partial charge in [-0.05, 0) is 67.7 Å². The van der Waals surface area contributed by atoms with Crippen molar-refractivity contribution in [2.45, 2.75) is 57.8 Å². The molecule has 0 spiro atoms. The number of ketones is 1. The van der Waals surface area contributed by atoms with Gasteiger partial charge in [-0.25, -0.2) is 0 Å². The molecule has 2 aliphatic carbocycles. The molecule has 0 bridgehead atoms. The first-order valence-electron chi connectivity index (χ1n) is 11.6. The van der Waals surface area contributed by atoms with Crippen LogP contribution in [0.5, 0.6) is 0 Å². The average Bonchev–Trinajstić information content (AvgIpc) is 3.48. The van der Waals surface area contributed by atoms with Gasteiger partial charge in [-0.2, -0.15) is 0 Å². The minimum Gasteiger partial charge on any atom is -0.361 e. The number of carbonyl (C=O) groups is 1. The lowest BCUT2D eigenvalue weighted by atomic mass is 9.93. The maximum Gasteiger partial charge on any atom is 0.132 e. The Kier molecular flexibility index (Phi) is 7.38. The van der Waals surface area contributed by atoms with E-state index in [2.05, 4.69) is 64.7 Å². The Morgan fingerprint density at radius 3 is 2.13 bits per heavy atom. The number of benzene rings is 2. The summed E-state index contributed by atoms with van der Waals surface area (Å²) in [6.07, 6.45) is 16.9. The lowest BCUT2D eigenvalue weighted by Crippen LogP contribution is -2.02. The highest BCUT2D eigenvalue weighted by Crippen LogP contribution is 2.31. The van der Waals surface area contributed by atoms with Crippen molar-refractivity contribution in [1.82, 2.24) is 9.97 Å². The van der Waals surface area contributed by atoms with Gasteiger partial charge in [0.15, 0.2) is 0 Å². The summed E-state index contributed by atoms with van der Waals surface area (Å²) in [7, 11) is 0. The van der Waals surface area contributed by atoms with Crippen molar-refractivity contribution >= 4 is 33.2 Å². The number of para-hydroxylation sites is 2. The average molecular weight is 413 g/mol. The molecule has 0 atom stereocenters. The zero-order valence-electron chi connectivity index (χ0n) is 18.2. The van der Waals surface area contributed by atoms with Gasteiger partial charge in [-0.15, -0.1) is 0 Å². The summed E-state index contributed by atoms with van der Waals surface area (Å²) in [5.41, 5.74) is 5.39. The Hall–Kier alpha value is -3.07. The standard InChI is InChI=1S/C14H15N.C8H7N.C6H10O/c1-2-6-11(7-3-1)13-10-15-14-9-5-4-8-12(13)14;1-2-4-8-7(3-1)5-6-9-8;7-6-4-2-1-3-5-6/h4-6,8-10,15H,1-3,7H2;1-6,9H;1-5H2. The zero-order chi connectivity index (χ0) is 21.3. The fourth-order valence-corrected chi connectivity index (χ4v) is 4.36. The summed E-state index contributed by atoms with van der Waals surface area (Å²) < 4.78 is 0. The Balaban J connectivity index is 0.000000123. The number of allylic oxidation sites excluding steroid dienone is 2. The number of aromatic amines is 2. The summed E-state index contributed by atoms with van der Waals surface area (Å²) in [6, 6.07) is 18.8. The molecule has 0 unspecified atom stereocenters. The molecule has 0 amide bonds. The predicted molar refractivity (Wildman–Crippen MR) is 131 cm³/mol. The van der Waals surface area contributed by atoms with Crippen LogP contribution < -0.4 is 0 Å². The van der Waals surface area contributed by atoms with Crippen LogP contribution in [0.15, 0.2) is 73.1 Å². The van der Waals surface area contributed by atoms with Gasteiger partial charge in [0.1, 0.15) is 5.78 Å². The molecule has 3 heteroatoms. The van der Waals surface area contributed by atoms with Crippen molar-refractivity contribution < 1.29 is 4.79 Å². The van der Waals surface area contributed by atoms with Gasteiger partial charge < -0.3 is 9.97 Å². The monoisotopic (exact) mass is 412 g/mol. The third-order valence-corrected chi connectivity index (χ3v) is 6.10. The van der Waals surface area contributed by atoms with E-state index in [0.717, 1.165) is 25.7 Å². The summed E-state index contributed by atoms with van der Waals surface area (Å²) >= 11 is 0. The summed E-state index contributed by atoms with van der Waals surface area (Å²) in [6.45, 7) is 0. The molecule has 2 aromatic carbocycles. The molecule has 4 aromatic rings. The van der Waals surface area contributed by atoms with E-state index in [1.165, 1.54) is 65.0 Å². The second-order valence-corrected chi connectivity index (χ2v) is 8.39. The number of H-pyrrole nitrogens is 2. The summed E-state index contributed by atoms with van der Waals surface area (Å²) in [5.74, 6) is 0.464. The maximum atomic E-state index is 10.5. The van der Waals surface area contributed by atoms with Crippen molar-refractivity contribution in [3.8, 4) is 0 Å². The molecular weight excluding hydrogens is 380 g/mol. The zero-order valence-corrected chi connectivity index (χ0v) is 18.2. The second-order valence-electron chi connectivity index (χ2n) is 8.39. The van der Waals surface area contributed by atoms with E-state index in [0.29, 0.717) is 5.78 Å². The fraction of sp³-hybridized carbons (Fsp3) is 0.321. The molecule has 0 saturated heterocycles. The van der Waals surface area contributed by atoms with E-state index >= 15 is 0 Å². The van der Waals surface area contributed by atoms with E-state index in [4.69, 9.17) is 0 Å². The van der Waals surface area contributed by atoms with Crippen molar-refractivity contribution in [3.05, 3.63) is 78.6 Å². The number of hydrogen-bond acceptors (Lipinski definition) is 1. The second kappa shape index (κ2) is 10.8. The fourth-order valence-electron chi connectivity index (χ4n) is 4.36. The van der Waals surface area contributed by atoms with Crippen LogP contribution in [0.3, 0.4) is 0 Å². The van der Waals surface area contributed by atoms with Crippen LogP contribution in [0, 0.1) is 0 Å². The van der Waals surface area contributed by atoms with Gasteiger partial charge in [-0.1, -0.05) is 48.9 Å². The van der Waals surface area contributed by atoms with E-state index in [1.807, 2.05) is 18.3 Å². The van der Waals surface area contributed by atoms with Crippen LogP contribution >= 0.6 is 0 Å². The summed E-state index contributed by atoms with van der Waals surface area (Å²) in [5, 5.41) is 2.64. The molecule has 2 aromatic heterocycles. The molecule has 1 fully saturated rings. The number of rotatable bonds is 1. The lowest BCUT2D eigenvalue weighted by molar-refractivity contribution is -0.120. The number of Topliss-reactive ketones (excluding diaryl/α,β-unsaturated/α-hetero) is 1. The Morgan fingerprint density at radius 1 is 0.677 bits per heavy atom. The van der Waals surface area contributed by atoms with E-state index in [1.54, 1.807) is 0 Å². The van der Waals surface area contributed by atoms with E-state index in [9.17, 15) is 4.79 Å². The Bertz CT molecular complexity index is 1110. The highest BCUT2D eigenvalue weighted by molar-refractivity contribution is 5.92. The first-order valence-corrected chi connectivity index (χ1v) is 11.6. The van der Waals surface area contributed by atoms with Crippen LogP contribution in [0.4, 0.5) is 0 Å². The van der Waals surface area contributed by atoms with Gasteiger partial charge in [0.05, 0.1) is 0 Å². The molecule has 1 saturated carbocycles. The molecular formula is C28H32N2O. The Labute approximate surface area is 184 Å². The van der Waals surface area contributed by atoms with E-state index < -0.39 is 0 Å². The normalized spacial score (nSPS) is 16.1. The molecule has 160 valence electrons. The predicted octanol–water partition coefficient (Wildman–Crippen LogP) is 7.81. The summed E-state index contributed by atoms with van der Waals surface area (Å²) in [4.78, 5) is 16.9. The smallest absolute Gasteiger partial charge is 0.132 e. The Morgan fingerprint density at radius 2 is 1.42 bits per heavy atom. The molecule has 2 heterocycles. The van der Waals surface area contributed by atoms with Gasteiger partial charge in [0.25, 0.3) is 0 Å². The molecule has 0 aliphatic heterocycles. The molecule has 6 rings (SSSR count). The minimum atomic E-state index is 0.464. The largest absolute Gasteiger partial charge is 0.361 e. The van der Waals surface area contributed by atoms with Gasteiger partial charge in [0.2, 0.25) is 0 Å². The minimum absolute atomic E-state index is 0.464. The van der Waals surface area contributed by atoms with Crippen LogP contribution in [0.2, 0.25) is 0 Å². The van der Waals surface area contributed by atoms with Crippen molar-refractivity contribution in [2.24, 2.45) is 0 Å². The number of carbonyl (C=O) groups excluding carboxylic acids is 1. The highest BCUT2D eigenvalue weighted by atomic mass is 16.1. The number of hydrogen-bond donors (Lipinski definition) is 2. The van der Waals surface area contributed by atoms with Gasteiger partial charge in [0, 0.05) is 47.2 Å². The third-order valence-electron chi connectivity index (χ3n) is 6.10. The number of nitrogens with one attached hydrogen (secondary N) is 2. The van der Waals surface area contributed by atoms with Crippen LogP contribution in [0.1, 0.15) is 63.4 Å². The molecule has 0 radical (unpaired) electrons. The molecule has 2 N–H and O–H groups in total.